The average Bonchev–Trinajstić information content (AvgIpc) is 2.48. The van der Waals surface area contributed by atoms with Crippen molar-refractivity contribution in [2.75, 3.05) is 19.6 Å². The van der Waals surface area contributed by atoms with Gasteiger partial charge < -0.3 is 5.32 Å². The summed E-state index contributed by atoms with van der Waals surface area (Å²) < 4.78 is 27.0. The molecule has 0 saturated carbocycles. The van der Waals surface area contributed by atoms with Crippen LogP contribution in [0.2, 0.25) is 5.02 Å². The molecule has 1 fully saturated rings. The predicted molar refractivity (Wildman–Crippen MR) is 81.6 cm³/mol. The van der Waals surface area contributed by atoms with Gasteiger partial charge in [-0.25, -0.2) is 13.1 Å². The molecule has 1 saturated heterocycles. The zero-order valence-corrected chi connectivity index (χ0v) is 13.2. The highest BCUT2D eigenvalue weighted by atomic mass is 35.5. The molecule has 1 unspecified atom stereocenters. The molecule has 21 heavy (non-hydrogen) atoms. The maximum Gasteiger partial charge on any atom is 0.242 e. The van der Waals surface area contributed by atoms with Crippen LogP contribution in [0.3, 0.4) is 0 Å². The van der Waals surface area contributed by atoms with Crippen molar-refractivity contribution in [2.24, 2.45) is 5.92 Å². The van der Waals surface area contributed by atoms with Crippen molar-refractivity contribution in [2.45, 2.75) is 24.2 Å². The molecule has 1 heterocycles. The summed E-state index contributed by atoms with van der Waals surface area (Å²) in [5.74, 6) is 0.502. The Kier molecular flexibility index (Phi) is 5.59. The topological polar surface area (TPSA) is 82.0 Å². The summed E-state index contributed by atoms with van der Waals surface area (Å²) in [7, 11) is -3.68. The molecule has 0 aromatic heterocycles. The van der Waals surface area contributed by atoms with E-state index in [1.807, 2.05) is 6.07 Å². The van der Waals surface area contributed by atoms with E-state index in [0.717, 1.165) is 32.4 Å². The van der Waals surface area contributed by atoms with Gasteiger partial charge in [0.1, 0.15) is 4.90 Å². The van der Waals surface area contributed by atoms with Crippen LogP contribution in [0.5, 0.6) is 0 Å². The number of nitrogens with zero attached hydrogens (tertiary/aromatic N) is 1. The lowest BCUT2D eigenvalue weighted by atomic mass is 9.96. The van der Waals surface area contributed by atoms with Gasteiger partial charge in [-0.3, -0.25) is 0 Å². The highest BCUT2D eigenvalue weighted by Gasteiger charge is 2.19. The fraction of sp³-hybridized carbons (Fsp3) is 0.500. The van der Waals surface area contributed by atoms with E-state index in [4.69, 9.17) is 16.9 Å². The minimum absolute atomic E-state index is 0.0371. The summed E-state index contributed by atoms with van der Waals surface area (Å²) in [6.07, 6.45) is 3.05. The molecular formula is C14H18ClN3O2S. The fourth-order valence-electron chi connectivity index (χ4n) is 2.42. The van der Waals surface area contributed by atoms with E-state index in [1.165, 1.54) is 18.2 Å². The maximum absolute atomic E-state index is 12.2. The van der Waals surface area contributed by atoms with Crippen LogP contribution in [0.1, 0.15) is 24.8 Å². The molecule has 114 valence electrons. The Morgan fingerprint density at radius 1 is 1.48 bits per heavy atom. The standard InChI is InChI=1S/C14H18ClN3O2S/c15-13-4-3-12(9-16)8-14(13)21(19,20)18-7-5-11-2-1-6-17-10-11/h3-4,8,11,17-18H,1-2,5-7,10H2. The number of hydrogen-bond donors (Lipinski definition) is 2. The van der Waals surface area contributed by atoms with Crippen LogP contribution in [-0.2, 0) is 10.0 Å². The molecule has 1 aromatic carbocycles. The average molecular weight is 328 g/mol. The summed E-state index contributed by atoms with van der Waals surface area (Å²) >= 11 is 5.93. The molecule has 0 amide bonds. The summed E-state index contributed by atoms with van der Waals surface area (Å²) in [4.78, 5) is -0.0371. The third kappa shape index (κ3) is 4.42. The van der Waals surface area contributed by atoms with Crippen LogP contribution < -0.4 is 10.0 Å². The van der Waals surface area contributed by atoms with Crippen LogP contribution in [0.15, 0.2) is 23.1 Å². The van der Waals surface area contributed by atoms with E-state index in [2.05, 4.69) is 10.0 Å². The zero-order valence-electron chi connectivity index (χ0n) is 11.6. The fourth-order valence-corrected chi connectivity index (χ4v) is 4.00. The van der Waals surface area contributed by atoms with Gasteiger partial charge >= 0.3 is 0 Å². The van der Waals surface area contributed by atoms with E-state index in [0.29, 0.717) is 12.5 Å². The number of benzene rings is 1. The first kappa shape index (κ1) is 16.2. The Morgan fingerprint density at radius 2 is 2.29 bits per heavy atom. The Balaban J connectivity index is 1.99. The molecule has 1 atom stereocenters. The van der Waals surface area contributed by atoms with Crippen molar-refractivity contribution in [1.82, 2.24) is 10.0 Å². The first-order valence-electron chi connectivity index (χ1n) is 6.93. The van der Waals surface area contributed by atoms with E-state index < -0.39 is 10.0 Å². The van der Waals surface area contributed by atoms with Gasteiger partial charge in [-0.05, 0) is 56.5 Å². The van der Waals surface area contributed by atoms with Gasteiger partial charge in [0.25, 0.3) is 0 Å². The van der Waals surface area contributed by atoms with Gasteiger partial charge in [-0.1, -0.05) is 11.6 Å². The largest absolute Gasteiger partial charge is 0.316 e. The third-order valence-corrected chi connectivity index (χ3v) is 5.54. The van der Waals surface area contributed by atoms with Crippen LogP contribution in [0.4, 0.5) is 0 Å². The normalized spacial score (nSPS) is 19.1. The SMILES string of the molecule is N#Cc1ccc(Cl)c(S(=O)(=O)NCCC2CCCNC2)c1. The predicted octanol–water partition coefficient (Wildman–Crippen LogP) is 1.88. The Bertz CT molecular complexity index is 634. The molecular weight excluding hydrogens is 310 g/mol. The maximum atomic E-state index is 12.2. The van der Waals surface area contributed by atoms with Gasteiger partial charge in [-0.15, -0.1) is 0 Å². The zero-order chi connectivity index (χ0) is 15.3. The van der Waals surface area contributed by atoms with Gasteiger partial charge in [0.15, 0.2) is 0 Å². The van der Waals surface area contributed by atoms with Gasteiger partial charge in [0.2, 0.25) is 10.0 Å². The lowest BCUT2D eigenvalue weighted by Crippen LogP contribution is -2.33. The number of piperidine rings is 1. The number of rotatable bonds is 5. The monoisotopic (exact) mass is 327 g/mol. The molecule has 0 radical (unpaired) electrons. The third-order valence-electron chi connectivity index (χ3n) is 3.59. The van der Waals surface area contributed by atoms with E-state index in [1.54, 1.807) is 0 Å². The van der Waals surface area contributed by atoms with Crippen molar-refractivity contribution in [1.29, 1.82) is 5.26 Å². The molecule has 5 nitrogen and oxygen atoms in total. The van der Waals surface area contributed by atoms with Gasteiger partial charge in [-0.2, -0.15) is 5.26 Å². The number of nitriles is 1. The second-order valence-electron chi connectivity index (χ2n) is 5.16. The molecule has 0 bridgehead atoms. The highest BCUT2D eigenvalue weighted by Crippen LogP contribution is 2.22. The van der Waals surface area contributed by atoms with Crippen molar-refractivity contribution in [3.8, 4) is 6.07 Å². The minimum atomic E-state index is -3.68. The molecule has 2 N–H and O–H groups in total. The molecule has 2 rings (SSSR count). The Hall–Kier alpha value is -1.13. The quantitative estimate of drug-likeness (QED) is 0.865. The van der Waals surface area contributed by atoms with E-state index in [9.17, 15) is 8.42 Å². The van der Waals surface area contributed by atoms with Gasteiger partial charge in [0.05, 0.1) is 16.7 Å². The smallest absolute Gasteiger partial charge is 0.242 e. The van der Waals surface area contributed by atoms with Crippen LogP contribution in [0, 0.1) is 17.2 Å². The van der Waals surface area contributed by atoms with Crippen molar-refractivity contribution in [3.63, 3.8) is 0 Å². The first-order valence-corrected chi connectivity index (χ1v) is 8.79. The lowest BCUT2D eigenvalue weighted by Gasteiger charge is -2.22. The molecule has 7 heteroatoms. The summed E-state index contributed by atoms with van der Waals surface area (Å²) in [6.45, 7) is 2.35. The summed E-state index contributed by atoms with van der Waals surface area (Å²) in [5.41, 5.74) is 0.274. The molecule has 1 aromatic rings. The highest BCUT2D eigenvalue weighted by molar-refractivity contribution is 7.89. The van der Waals surface area contributed by atoms with Crippen LogP contribution in [0.25, 0.3) is 0 Å². The number of nitrogens with one attached hydrogen (secondary N) is 2. The van der Waals surface area contributed by atoms with E-state index in [-0.39, 0.29) is 15.5 Å². The summed E-state index contributed by atoms with van der Waals surface area (Å²) in [5, 5.41) is 12.3. The summed E-state index contributed by atoms with van der Waals surface area (Å²) in [6, 6.07) is 6.14. The molecule has 1 aliphatic rings. The number of hydrogen-bond acceptors (Lipinski definition) is 4. The molecule has 0 spiro atoms. The van der Waals surface area contributed by atoms with E-state index >= 15 is 0 Å². The van der Waals surface area contributed by atoms with Crippen molar-refractivity contribution >= 4 is 21.6 Å². The number of sulfonamides is 1. The minimum Gasteiger partial charge on any atom is -0.316 e. The van der Waals surface area contributed by atoms with Crippen LogP contribution in [-0.4, -0.2) is 28.1 Å². The first-order chi connectivity index (χ1) is 10.0. The molecule has 0 aliphatic carbocycles. The Labute approximate surface area is 130 Å². The van der Waals surface area contributed by atoms with Gasteiger partial charge in [0, 0.05) is 6.54 Å². The molecule has 1 aliphatic heterocycles. The Morgan fingerprint density at radius 3 is 2.95 bits per heavy atom. The second kappa shape index (κ2) is 7.23. The second-order valence-corrected chi connectivity index (χ2v) is 7.30. The lowest BCUT2D eigenvalue weighted by molar-refractivity contribution is 0.358. The number of halogens is 1. The van der Waals surface area contributed by atoms with Crippen molar-refractivity contribution in [3.05, 3.63) is 28.8 Å². The van der Waals surface area contributed by atoms with Crippen molar-refractivity contribution < 1.29 is 8.42 Å². The van der Waals surface area contributed by atoms with Crippen LogP contribution >= 0.6 is 11.6 Å².